The second-order valence-electron chi connectivity index (χ2n) is 6.08. The standard InChI is InChI=1S/C19H17FN8.ClH/c1-12(13-2-4-15(20)5-3-13)25-19-26-16(14-9-23-24-10-14)8-17(28-19)27-18-11-21-6-7-22-18;/h2-12H,1H3,(H,23,24)(H2,22,25,26,27,28);1H/t12-;/m0./s1. The second-order valence-corrected chi connectivity index (χ2v) is 6.08. The number of hydrogen-bond donors (Lipinski definition) is 3. The van der Waals surface area contributed by atoms with E-state index in [0.29, 0.717) is 23.3 Å². The lowest BCUT2D eigenvalue weighted by Gasteiger charge is -2.16. The zero-order valence-corrected chi connectivity index (χ0v) is 16.2. The Morgan fingerprint density at radius 2 is 1.86 bits per heavy atom. The number of benzene rings is 1. The molecule has 29 heavy (non-hydrogen) atoms. The van der Waals surface area contributed by atoms with Gasteiger partial charge >= 0.3 is 0 Å². The maximum Gasteiger partial charge on any atom is 0.225 e. The van der Waals surface area contributed by atoms with Gasteiger partial charge in [0.1, 0.15) is 17.5 Å². The molecular formula is C19H18ClFN8. The van der Waals surface area contributed by atoms with E-state index in [9.17, 15) is 4.39 Å². The van der Waals surface area contributed by atoms with E-state index in [2.05, 4.69) is 40.8 Å². The Kier molecular flexibility index (Phi) is 6.30. The largest absolute Gasteiger partial charge is 0.348 e. The molecule has 3 aromatic heterocycles. The van der Waals surface area contributed by atoms with Crippen LogP contribution in [0.5, 0.6) is 0 Å². The molecule has 1 aromatic carbocycles. The highest BCUT2D eigenvalue weighted by Gasteiger charge is 2.12. The van der Waals surface area contributed by atoms with Gasteiger partial charge in [-0.1, -0.05) is 12.1 Å². The summed E-state index contributed by atoms with van der Waals surface area (Å²) in [6.45, 7) is 1.96. The molecule has 4 aromatic rings. The van der Waals surface area contributed by atoms with Crippen molar-refractivity contribution < 1.29 is 4.39 Å². The minimum absolute atomic E-state index is 0. The fourth-order valence-corrected chi connectivity index (χ4v) is 2.64. The molecule has 0 radical (unpaired) electrons. The maximum absolute atomic E-state index is 13.2. The van der Waals surface area contributed by atoms with Crippen LogP contribution in [0.3, 0.4) is 0 Å². The highest BCUT2D eigenvalue weighted by molar-refractivity contribution is 5.85. The topological polar surface area (TPSA) is 104 Å². The molecule has 3 heterocycles. The van der Waals surface area contributed by atoms with E-state index in [0.717, 1.165) is 11.1 Å². The third kappa shape index (κ3) is 5.02. The molecule has 148 valence electrons. The summed E-state index contributed by atoms with van der Waals surface area (Å²) in [5.74, 6) is 1.27. The van der Waals surface area contributed by atoms with E-state index in [-0.39, 0.29) is 24.3 Å². The van der Waals surface area contributed by atoms with Gasteiger partial charge in [0.05, 0.1) is 24.1 Å². The predicted octanol–water partition coefficient (Wildman–Crippen LogP) is 4.13. The van der Waals surface area contributed by atoms with Crippen LogP contribution in [0.2, 0.25) is 0 Å². The molecule has 1 atom stereocenters. The molecule has 3 N–H and O–H groups in total. The molecule has 0 spiro atoms. The van der Waals surface area contributed by atoms with Gasteiger partial charge in [-0.25, -0.2) is 14.4 Å². The molecule has 0 aliphatic rings. The van der Waals surface area contributed by atoms with Crippen molar-refractivity contribution in [2.24, 2.45) is 0 Å². The molecule has 0 saturated heterocycles. The number of hydrogen-bond acceptors (Lipinski definition) is 7. The zero-order chi connectivity index (χ0) is 19.3. The number of anilines is 3. The highest BCUT2D eigenvalue weighted by Crippen LogP contribution is 2.24. The lowest BCUT2D eigenvalue weighted by atomic mass is 10.1. The third-order valence-corrected chi connectivity index (χ3v) is 4.06. The van der Waals surface area contributed by atoms with E-state index in [1.54, 1.807) is 49.2 Å². The van der Waals surface area contributed by atoms with Gasteiger partial charge in [0, 0.05) is 30.2 Å². The molecule has 8 nitrogen and oxygen atoms in total. The van der Waals surface area contributed by atoms with Crippen LogP contribution in [0, 0.1) is 5.82 Å². The van der Waals surface area contributed by atoms with Crippen molar-refractivity contribution in [1.29, 1.82) is 0 Å². The van der Waals surface area contributed by atoms with E-state index in [4.69, 9.17) is 0 Å². The number of nitrogens with one attached hydrogen (secondary N) is 3. The van der Waals surface area contributed by atoms with Crippen LogP contribution in [0.1, 0.15) is 18.5 Å². The number of aromatic nitrogens is 6. The SMILES string of the molecule is C[C@H](Nc1nc(Nc2cnccn2)cc(-c2cn[nH]c2)n1)c1ccc(F)cc1.Cl. The normalized spacial score (nSPS) is 11.4. The Balaban J connectivity index is 0.00000240. The molecule has 10 heteroatoms. The van der Waals surface area contributed by atoms with E-state index < -0.39 is 0 Å². The number of halogens is 2. The third-order valence-electron chi connectivity index (χ3n) is 4.06. The average molecular weight is 413 g/mol. The maximum atomic E-state index is 13.2. The van der Waals surface area contributed by atoms with E-state index in [1.807, 2.05) is 6.92 Å². The first-order valence-corrected chi connectivity index (χ1v) is 8.60. The van der Waals surface area contributed by atoms with Crippen LogP contribution >= 0.6 is 12.4 Å². The van der Waals surface area contributed by atoms with Crippen LogP contribution in [-0.4, -0.2) is 30.1 Å². The summed E-state index contributed by atoms with van der Waals surface area (Å²) in [4.78, 5) is 17.3. The van der Waals surface area contributed by atoms with Crippen molar-refractivity contribution in [3.8, 4) is 11.3 Å². The quantitative estimate of drug-likeness (QED) is 0.437. The highest BCUT2D eigenvalue weighted by atomic mass is 35.5. The van der Waals surface area contributed by atoms with Crippen LogP contribution in [0.25, 0.3) is 11.3 Å². The number of nitrogens with zero attached hydrogens (tertiary/aromatic N) is 5. The Morgan fingerprint density at radius 3 is 2.55 bits per heavy atom. The Labute approximate surface area is 172 Å². The number of H-pyrrole nitrogens is 1. The first kappa shape index (κ1) is 20.2. The van der Waals surface area contributed by atoms with Crippen LogP contribution in [0.15, 0.2) is 61.3 Å². The molecule has 0 unspecified atom stereocenters. The van der Waals surface area contributed by atoms with Crippen molar-refractivity contribution in [3.05, 3.63) is 72.7 Å². The molecule has 0 saturated carbocycles. The van der Waals surface area contributed by atoms with Gasteiger partial charge in [-0.05, 0) is 24.6 Å². The summed E-state index contributed by atoms with van der Waals surface area (Å²) < 4.78 is 13.2. The summed E-state index contributed by atoms with van der Waals surface area (Å²) in [5, 5.41) is 13.1. The van der Waals surface area contributed by atoms with Gasteiger partial charge < -0.3 is 10.6 Å². The van der Waals surface area contributed by atoms with Crippen molar-refractivity contribution in [2.45, 2.75) is 13.0 Å². The average Bonchev–Trinajstić information content (AvgIpc) is 3.24. The Bertz CT molecular complexity index is 1040. The molecule has 0 amide bonds. The number of rotatable bonds is 6. The second kappa shape index (κ2) is 9.07. The van der Waals surface area contributed by atoms with Gasteiger partial charge in [0.2, 0.25) is 5.95 Å². The number of aromatic amines is 1. The van der Waals surface area contributed by atoms with Crippen molar-refractivity contribution in [3.63, 3.8) is 0 Å². The monoisotopic (exact) mass is 412 g/mol. The first-order valence-electron chi connectivity index (χ1n) is 8.60. The fraction of sp³-hybridized carbons (Fsp3) is 0.105. The Morgan fingerprint density at radius 1 is 1.03 bits per heavy atom. The molecule has 0 aliphatic carbocycles. The van der Waals surface area contributed by atoms with Crippen LogP contribution in [-0.2, 0) is 0 Å². The molecule has 4 rings (SSSR count). The van der Waals surface area contributed by atoms with Crippen molar-refractivity contribution >= 4 is 30.0 Å². The summed E-state index contributed by atoms with van der Waals surface area (Å²) in [7, 11) is 0. The lowest BCUT2D eigenvalue weighted by molar-refractivity contribution is 0.626. The predicted molar refractivity (Wildman–Crippen MR) is 111 cm³/mol. The van der Waals surface area contributed by atoms with E-state index in [1.165, 1.54) is 12.1 Å². The van der Waals surface area contributed by atoms with Gasteiger partial charge in [-0.2, -0.15) is 10.1 Å². The molecule has 0 bridgehead atoms. The zero-order valence-electron chi connectivity index (χ0n) is 15.4. The lowest BCUT2D eigenvalue weighted by Crippen LogP contribution is -2.11. The van der Waals surface area contributed by atoms with Crippen molar-refractivity contribution in [2.75, 3.05) is 10.6 Å². The smallest absolute Gasteiger partial charge is 0.225 e. The van der Waals surface area contributed by atoms with Crippen LogP contribution in [0.4, 0.5) is 22.0 Å². The molecule has 0 aliphatic heterocycles. The first-order chi connectivity index (χ1) is 13.7. The summed E-state index contributed by atoms with van der Waals surface area (Å²) in [6.07, 6.45) is 8.23. The van der Waals surface area contributed by atoms with Gasteiger partial charge in [0.15, 0.2) is 0 Å². The summed E-state index contributed by atoms with van der Waals surface area (Å²) >= 11 is 0. The van der Waals surface area contributed by atoms with Gasteiger partial charge in [-0.3, -0.25) is 10.1 Å². The van der Waals surface area contributed by atoms with E-state index >= 15 is 0 Å². The summed E-state index contributed by atoms with van der Waals surface area (Å²) in [6, 6.07) is 7.99. The molecule has 0 fully saturated rings. The van der Waals surface area contributed by atoms with Crippen molar-refractivity contribution in [1.82, 2.24) is 30.1 Å². The van der Waals surface area contributed by atoms with Gasteiger partial charge in [0.25, 0.3) is 0 Å². The fourth-order valence-electron chi connectivity index (χ4n) is 2.64. The molecular weight excluding hydrogens is 395 g/mol. The summed E-state index contributed by atoms with van der Waals surface area (Å²) in [5.41, 5.74) is 2.42. The minimum atomic E-state index is -0.274. The minimum Gasteiger partial charge on any atom is -0.348 e. The Hall–Kier alpha value is -3.59. The van der Waals surface area contributed by atoms with Gasteiger partial charge in [-0.15, -0.1) is 12.4 Å². The van der Waals surface area contributed by atoms with Crippen LogP contribution < -0.4 is 10.6 Å².